The number of hydrogen-bond donors (Lipinski definition) is 2. The van der Waals surface area contributed by atoms with E-state index in [1.807, 2.05) is 12.1 Å². The predicted molar refractivity (Wildman–Crippen MR) is 171 cm³/mol. The van der Waals surface area contributed by atoms with Crippen LogP contribution in [0.4, 0.5) is 0 Å². The van der Waals surface area contributed by atoms with E-state index in [1.165, 1.54) is 103 Å². The van der Waals surface area contributed by atoms with Gasteiger partial charge in [0.15, 0.2) is 5.78 Å². The van der Waals surface area contributed by atoms with Gasteiger partial charge in [0.05, 0.1) is 0 Å². The number of ketones is 1. The molecule has 0 spiro atoms. The summed E-state index contributed by atoms with van der Waals surface area (Å²) in [5.74, 6) is 0.508. The maximum absolute atomic E-state index is 13.3. The highest BCUT2D eigenvalue weighted by Crippen LogP contribution is 2.26. The van der Waals surface area contributed by atoms with Crippen LogP contribution in [-0.4, -0.2) is 16.0 Å². The number of aromatic hydroxyl groups is 2. The molecule has 2 aromatic carbocycles. The molecule has 224 valence electrons. The molecule has 40 heavy (non-hydrogen) atoms. The zero-order valence-electron chi connectivity index (χ0n) is 25.8. The number of rotatable bonds is 24. The van der Waals surface area contributed by atoms with Crippen molar-refractivity contribution in [2.75, 3.05) is 0 Å². The molecule has 0 aliphatic rings. The lowest BCUT2D eigenvalue weighted by Crippen LogP contribution is -2.03. The van der Waals surface area contributed by atoms with Crippen LogP contribution in [0.15, 0.2) is 36.4 Å². The van der Waals surface area contributed by atoms with Crippen LogP contribution in [0.2, 0.25) is 0 Å². The fourth-order valence-corrected chi connectivity index (χ4v) is 5.63. The van der Waals surface area contributed by atoms with E-state index in [1.54, 1.807) is 24.3 Å². The predicted octanol–water partition coefficient (Wildman–Crippen LogP) is 11.3. The molecule has 0 saturated carbocycles. The summed E-state index contributed by atoms with van der Waals surface area (Å²) >= 11 is 0. The standard InChI is InChI=1S/C37H58O3/c1-3-5-7-9-11-13-15-17-19-21-23-31-29-33(25-27-35(31)38)37(40)34-26-28-36(39)32(30-34)24-22-20-18-16-14-12-10-8-6-4-2/h25-30,38-39H,3-24H2,1-2H3. The highest BCUT2D eigenvalue weighted by molar-refractivity contribution is 6.09. The lowest BCUT2D eigenvalue weighted by atomic mass is 9.95. The monoisotopic (exact) mass is 550 g/mol. The van der Waals surface area contributed by atoms with Crippen molar-refractivity contribution in [2.24, 2.45) is 0 Å². The van der Waals surface area contributed by atoms with Crippen LogP contribution in [0.25, 0.3) is 0 Å². The van der Waals surface area contributed by atoms with Crippen molar-refractivity contribution in [1.82, 2.24) is 0 Å². The summed E-state index contributed by atoms with van der Waals surface area (Å²) < 4.78 is 0. The maximum atomic E-state index is 13.3. The SMILES string of the molecule is CCCCCCCCCCCCc1cc(C(=O)c2ccc(O)c(CCCCCCCCCCCC)c2)ccc1O. The van der Waals surface area contributed by atoms with Gasteiger partial charge in [-0.15, -0.1) is 0 Å². The Hall–Kier alpha value is -2.29. The number of phenolic OH excluding ortho intramolecular Hbond substituents is 2. The second kappa shape index (κ2) is 21.5. The van der Waals surface area contributed by atoms with Gasteiger partial charge in [-0.2, -0.15) is 0 Å². The topological polar surface area (TPSA) is 57.5 Å². The molecular weight excluding hydrogens is 492 g/mol. The third-order valence-electron chi connectivity index (χ3n) is 8.28. The van der Waals surface area contributed by atoms with Crippen LogP contribution in [0.5, 0.6) is 11.5 Å². The molecule has 2 rings (SSSR count). The van der Waals surface area contributed by atoms with Gasteiger partial charge in [-0.05, 0) is 73.2 Å². The van der Waals surface area contributed by atoms with Gasteiger partial charge in [-0.3, -0.25) is 4.79 Å². The first-order chi connectivity index (χ1) is 19.6. The quantitative estimate of drug-likeness (QED) is 0.101. The molecule has 0 unspecified atom stereocenters. The minimum Gasteiger partial charge on any atom is -0.508 e. The van der Waals surface area contributed by atoms with Crippen LogP contribution in [0, 0.1) is 0 Å². The van der Waals surface area contributed by atoms with E-state index in [2.05, 4.69) is 13.8 Å². The van der Waals surface area contributed by atoms with E-state index in [-0.39, 0.29) is 17.3 Å². The molecule has 2 aromatic rings. The lowest BCUT2D eigenvalue weighted by Gasteiger charge is -2.10. The zero-order chi connectivity index (χ0) is 28.8. The first-order valence-corrected chi connectivity index (χ1v) is 16.7. The number of hydrogen-bond acceptors (Lipinski definition) is 3. The van der Waals surface area contributed by atoms with E-state index < -0.39 is 0 Å². The molecule has 0 aromatic heterocycles. The first-order valence-electron chi connectivity index (χ1n) is 16.7. The van der Waals surface area contributed by atoms with E-state index >= 15 is 0 Å². The number of carbonyl (C=O) groups excluding carboxylic acids is 1. The summed E-state index contributed by atoms with van der Waals surface area (Å²) in [6, 6.07) is 10.5. The maximum Gasteiger partial charge on any atom is 0.193 e. The Morgan fingerprint density at radius 2 is 0.775 bits per heavy atom. The highest BCUT2D eigenvalue weighted by Gasteiger charge is 2.14. The second-order valence-electron chi connectivity index (χ2n) is 11.9. The number of unbranched alkanes of at least 4 members (excludes halogenated alkanes) is 18. The number of carbonyl (C=O) groups is 1. The van der Waals surface area contributed by atoms with Crippen LogP contribution in [0.1, 0.15) is 169 Å². The van der Waals surface area contributed by atoms with E-state index in [9.17, 15) is 15.0 Å². The Bertz CT molecular complexity index is 873. The van der Waals surface area contributed by atoms with Crippen LogP contribution in [0.3, 0.4) is 0 Å². The summed E-state index contributed by atoms with van der Waals surface area (Å²) in [4.78, 5) is 13.3. The van der Waals surface area contributed by atoms with Crippen LogP contribution >= 0.6 is 0 Å². The Kier molecular flexibility index (Phi) is 18.2. The number of aryl methyl sites for hydroxylation is 2. The average molecular weight is 551 g/mol. The molecule has 2 N–H and O–H groups in total. The second-order valence-corrected chi connectivity index (χ2v) is 11.9. The van der Waals surface area contributed by atoms with Gasteiger partial charge in [0.25, 0.3) is 0 Å². The van der Waals surface area contributed by atoms with Crippen molar-refractivity contribution in [3.05, 3.63) is 58.7 Å². The average Bonchev–Trinajstić information content (AvgIpc) is 2.96. The van der Waals surface area contributed by atoms with E-state index in [0.717, 1.165) is 49.7 Å². The molecule has 0 aliphatic carbocycles. The van der Waals surface area contributed by atoms with Crippen molar-refractivity contribution in [1.29, 1.82) is 0 Å². The van der Waals surface area contributed by atoms with E-state index in [0.29, 0.717) is 11.1 Å². The molecule has 0 aliphatic heterocycles. The number of phenols is 2. The Morgan fingerprint density at radius 3 is 1.10 bits per heavy atom. The van der Waals surface area contributed by atoms with Crippen molar-refractivity contribution in [3.63, 3.8) is 0 Å². The fourth-order valence-electron chi connectivity index (χ4n) is 5.63. The fraction of sp³-hybridized carbons (Fsp3) is 0.649. The summed E-state index contributed by atoms with van der Waals surface area (Å²) in [6.45, 7) is 4.51. The normalized spacial score (nSPS) is 11.2. The van der Waals surface area contributed by atoms with Crippen molar-refractivity contribution < 1.29 is 15.0 Å². The highest BCUT2D eigenvalue weighted by atomic mass is 16.3. The molecule has 3 nitrogen and oxygen atoms in total. The van der Waals surface area contributed by atoms with E-state index in [4.69, 9.17) is 0 Å². The lowest BCUT2D eigenvalue weighted by molar-refractivity contribution is 0.103. The van der Waals surface area contributed by atoms with Crippen molar-refractivity contribution in [3.8, 4) is 11.5 Å². The first kappa shape index (κ1) is 33.9. The summed E-state index contributed by atoms with van der Waals surface area (Å²) in [5, 5.41) is 20.8. The van der Waals surface area contributed by atoms with Gasteiger partial charge < -0.3 is 10.2 Å². The molecule has 3 heteroatoms. The van der Waals surface area contributed by atoms with Crippen molar-refractivity contribution in [2.45, 2.75) is 155 Å². The Balaban J connectivity index is 1.76. The molecular formula is C37H58O3. The third-order valence-corrected chi connectivity index (χ3v) is 8.28. The van der Waals surface area contributed by atoms with Gasteiger partial charge >= 0.3 is 0 Å². The minimum atomic E-state index is -0.0475. The van der Waals surface area contributed by atoms with Gasteiger partial charge in [0, 0.05) is 11.1 Å². The van der Waals surface area contributed by atoms with Gasteiger partial charge in [-0.25, -0.2) is 0 Å². The molecule has 0 atom stereocenters. The minimum absolute atomic E-state index is 0.0475. The van der Waals surface area contributed by atoms with Crippen LogP contribution in [-0.2, 0) is 12.8 Å². The van der Waals surface area contributed by atoms with Crippen molar-refractivity contribution >= 4 is 5.78 Å². The van der Waals surface area contributed by atoms with Gasteiger partial charge in [0.2, 0.25) is 0 Å². The molecule has 0 fully saturated rings. The zero-order valence-corrected chi connectivity index (χ0v) is 25.8. The van der Waals surface area contributed by atoms with Gasteiger partial charge in [0.1, 0.15) is 11.5 Å². The summed E-state index contributed by atoms with van der Waals surface area (Å²) in [5.41, 5.74) is 2.93. The molecule has 0 radical (unpaired) electrons. The smallest absolute Gasteiger partial charge is 0.193 e. The summed E-state index contributed by atoms with van der Waals surface area (Å²) in [6.07, 6.45) is 27.2. The molecule has 0 heterocycles. The Morgan fingerprint density at radius 1 is 0.475 bits per heavy atom. The summed E-state index contributed by atoms with van der Waals surface area (Å²) in [7, 11) is 0. The molecule has 0 amide bonds. The van der Waals surface area contributed by atoms with Gasteiger partial charge in [-0.1, -0.05) is 129 Å². The largest absolute Gasteiger partial charge is 0.508 e. The van der Waals surface area contributed by atoms with Crippen LogP contribution < -0.4 is 0 Å². The number of benzene rings is 2. The molecule has 0 bridgehead atoms. The Labute approximate surface area is 245 Å². The third kappa shape index (κ3) is 13.9. The molecule has 0 saturated heterocycles.